The molecular weight excluding hydrogens is 400 g/mol. The molecule has 2 aromatic rings. The minimum Gasteiger partial charge on any atom is -0.309 e. The lowest BCUT2D eigenvalue weighted by molar-refractivity contribution is -0.116. The lowest BCUT2D eigenvalue weighted by Crippen LogP contribution is -2.28. The van der Waals surface area contributed by atoms with Gasteiger partial charge in [-0.2, -0.15) is 5.10 Å². The van der Waals surface area contributed by atoms with E-state index in [-0.39, 0.29) is 28.8 Å². The number of amides is 1. The average molecular weight is 425 g/mol. The molecule has 1 aliphatic rings. The van der Waals surface area contributed by atoms with Gasteiger partial charge in [-0.3, -0.25) is 9.89 Å². The third-order valence-corrected chi connectivity index (χ3v) is 6.86. The average Bonchev–Trinajstić information content (AvgIpc) is 3.09. The number of sulfonamides is 1. The SMILES string of the molecule is O=C(CCNS(=O)(=O)c1ccccc1Cl)Nc1cc(CC2CCCCC2)[nH]n1. The predicted octanol–water partition coefficient (Wildman–Crippen LogP) is 3.49. The summed E-state index contributed by atoms with van der Waals surface area (Å²) in [6.45, 7) is -0.0290. The molecule has 7 nitrogen and oxygen atoms in total. The number of nitrogens with zero attached hydrogens (tertiary/aromatic N) is 1. The highest BCUT2D eigenvalue weighted by molar-refractivity contribution is 7.89. The van der Waals surface area contributed by atoms with Crippen LogP contribution in [0.4, 0.5) is 5.82 Å². The van der Waals surface area contributed by atoms with Crippen molar-refractivity contribution in [2.45, 2.75) is 49.8 Å². The first-order chi connectivity index (χ1) is 13.4. The molecule has 28 heavy (non-hydrogen) atoms. The van der Waals surface area contributed by atoms with Crippen molar-refractivity contribution in [3.05, 3.63) is 41.0 Å². The number of benzene rings is 1. The van der Waals surface area contributed by atoms with Gasteiger partial charge in [0.15, 0.2) is 5.82 Å². The number of hydrogen-bond acceptors (Lipinski definition) is 4. The van der Waals surface area contributed by atoms with Gasteiger partial charge < -0.3 is 5.32 Å². The first kappa shape index (κ1) is 20.8. The van der Waals surface area contributed by atoms with Crippen LogP contribution >= 0.6 is 11.6 Å². The Morgan fingerprint density at radius 1 is 1.21 bits per heavy atom. The zero-order chi connectivity index (χ0) is 20.0. The Labute approximate surface area is 170 Å². The number of anilines is 1. The standard InChI is InChI=1S/C19H25ClN4O3S/c20-16-8-4-5-9-17(16)28(26,27)21-11-10-19(25)22-18-13-15(23-24-18)12-14-6-2-1-3-7-14/h4-5,8-9,13-14,21H,1-3,6-7,10-12H2,(H2,22,23,24,25). The molecular formula is C19H25ClN4O3S. The van der Waals surface area contributed by atoms with Gasteiger partial charge in [-0.1, -0.05) is 55.8 Å². The number of H-pyrrole nitrogens is 1. The van der Waals surface area contributed by atoms with Gasteiger partial charge in [-0.25, -0.2) is 13.1 Å². The molecule has 0 spiro atoms. The molecule has 0 unspecified atom stereocenters. The van der Waals surface area contributed by atoms with E-state index in [9.17, 15) is 13.2 Å². The summed E-state index contributed by atoms with van der Waals surface area (Å²) >= 11 is 5.92. The largest absolute Gasteiger partial charge is 0.309 e. The van der Waals surface area contributed by atoms with Crippen molar-refractivity contribution in [1.29, 1.82) is 0 Å². The van der Waals surface area contributed by atoms with Crippen molar-refractivity contribution in [2.75, 3.05) is 11.9 Å². The summed E-state index contributed by atoms with van der Waals surface area (Å²) in [5, 5.41) is 9.94. The van der Waals surface area contributed by atoms with Crippen molar-refractivity contribution in [2.24, 2.45) is 5.92 Å². The van der Waals surface area contributed by atoms with E-state index in [0.717, 1.165) is 12.1 Å². The highest BCUT2D eigenvalue weighted by Gasteiger charge is 2.18. The number of nitrogens with one attached hydrogen (secondary N) is 3. The monoisotopic (exact) mass is 424 g/mol. The maximum atomic E-state index is 12.2. The topological polar surface area (TPSA) is 104 Å². The first-order valence-corrected chi connectivity index (χ1v) is 11.4. The summed E-state index contributed by atoms with van der Waals surface area (Å²) in [6.07, 6.45) is 7.31. The Morgan fingerprint density at radius 2 is 1.96 bits per heavy atom. The fourth-order valence-electron chi connectivity index (χ4n) is 3.48. The highest BCUT2D eigenvalue weighted by Crippen LogP contribution is 2.26. The van der Waals surface area contributed by atoms with Crippen LogP contribution in [0.5, 0.6) is 0 Å². The molecule has 1 aromatic heterocycles. The van der Waals surface area contributed by atoms with E-state index >= 15 is 0 Å². The second-order valence-electron chi connectivity index (χ2n) is 7.11. The van der Waals surface area contributed by atoms with Crippen LogP contribution in [0, 0.1) is 5.92 Å². The number of rotatable bonds is 8. The van der Waals surface area contributed by atoms with Crippen LogP contribution < -0.4 is 10.0 Å². The van der Waals surface area contributed by atoms with Crippen molar-refractivity contribution in [3.63, 3.8) is 0 Å². The van der Waals surface area contributed by atoms with E-state index in [2.05, 4.69) is 20.2 Å². The van der Waals surface area contributed by atoms with Gasteiger partial charge in [0.2, 0.25) is 15.9 Å². The van der Waals surface area contributed by atoms with Crippen LogP contribution in [0.25, 0.3) is 0 Å². The third-order valence-electron chi connectivity index (χ3n) is 4.90. The molecule has 3 N–H and O–H groups in total. The van der Waals surface area contributed by atoms with E-state index in [1.54, 1.807) is 12.1 Å². The fourth-order valence-corrected chi connectivity index (χ4v) is 5.03. The second kappa shape index (κ2) is 9.54. The molecule has 1 aliphatic carbocycles. The summed E-state index contributed by atoms with van der Waals surface area (Å²) in [6, 6.07) is 8.02. The number of halogens is 1. The molecule has 1 amide bonds. The van der Waals surface area contributed by atoms with E-state index in [1.165, 1.54) is 44.2 Å². The molecule has 152 valence electrons. The first-order valence-electron chi connectivity index (χ1n) is 9.52. The lowest BCUT2D eigenvalue weighted by atomic mass is 9.86. The van der Waals surface area contributed by atoms with Crippen LogP contribution in [0.1, 0.15) is 44.2 Å². The Kier molecular flexibility index (Phi) is 7.09. The normalized spacial score (nSPS) is 15.5. The van der Waals surface area contributed by atoms with Crippen molar-refractivity contribution in [1.82, 2.24) is 14.9 Å². The van der Waals surface area contributed by atoms with Crippen molar-refractivity contribution in [3.8, 4) is 0 Å². The van der Waals surface area contributed by atoms with E-state index < -0.39 is 10.0 Å². The van der Waals surface area contributed by atoms with Crippen LogP contribution in [0.15, 0.2) is 35.2 Å². The van der Waals surface area contributed by atoms with Gasteiger partial charge in [-0.05, 0) is 24.5 Å². The summed E-state index contributed by atoms with van der Waals surface area (Å²) in [5.74, 6) is 0.833. The summed E-state index contributed by atoms with van der Waals surface area (Å²) in [4.78, 5) is 12.1. The lowest BCUT2D eigenvalue weighted by Gasteiger charge is -2.20. The summed E-state index contributed by atoms with van der Waals surface area (Å²) in [5.41, 5.74) is 1.02. The maximum absolute atomic E-state index is 12.2. The van der Waals surface area contributed by atoms with Gasteiger partial charge >= 0.3 is 0 Å². The van der Waals surface area contributed by atoms with Gasteiger partial charge in [0.05, 0.1) is 5.02 Å². The Hall–Kier alpha value is -1.90. The molecule has 1 aromatic carbocycles. The van der Waals surface area contributed by atoms with E-state index in [0.29, 0.717) is 11.7 Å². The number of carbonyl (C=O) groups is 1. The van der Waals surface area contributed by atoms with E-state index in [1.807, 2.05) is 6.07 Å². The molecule has 0 atom stereocenters. The Bertz CT molecular complexity index is 907. The molecule has 0 radical (unpaired) electrons. The fraction of sp³-hybridized carbons (Fsp3) is 0.474. The van der Waals surface area contributed by atoms with Gasteiger partial charge in [0.25, 0.3) is 0 Å². The molecule has 1 heterocycles. The molecule has 0 saturated heterocycles. The van der Waals surface area contributed by atoms with Gasteiger partial charge in [0, 0.05) is 24.7 Å². The van der Waals surface area contributed by atoms with Crippen LogP contribution in [-0.4, -0.2) is 31.1 Å². The smallest absolute Gasteiger partial charge is 0.242 e. The summed E-state index contributed by atoms with van der Waals surface area (Å²) < 4.78 is 26.9. The highest BCUT2D eigenvalue weighted by atomic mass is 35.5. The molecule has 0 aliphatic heterocycles. The number of hydrogen-bond donors (Lipinski definition) is 3. The van der Waals surface area contributed by atoms with Gasteiger partial charge in [-0.15, -0.1) is 0 Å². The molecule has 0 bridgehead atoms. The quantitative estimate of drug-likeness (QED) is 0.603. The number of aromatic nitrogens is 2. The zero-order valence-corrected chi connectivity index (χ0v) is 17.2. The van der Waals surface area contributed by atoms with Crippen molar-refractivity contribution < 1.29 is 13.2 Å². The predicted molar refractivity (Wildman–Crippen MR) is 109 cm³/mol. The zero-order valence-electron chi connectivity index (χ0n) is 15.6. The second-order valence-corrected chi connectivity index (χ2v) is 9.26. The number of carbonyl (C=O) groups excluding carboxylic acids is 1. The van der Waals surface area contributed by atoms with E-state index in [4.69, 9.17) is 11.6 Å². The molecule has 9 heteroatoms. The molecule has 1 fully saturated rings. The minimum atomic E-state index is -3.76. The summed E-state index contributed by atoms with van der Waals surface area (Å²) in [7, 11) is -3.76. The number of aromatic amines is 1. The maximum Gasteiger partial charge on any atom is 0.242 e. The van der Waals surface area contributed by atoms with Gasteiger partial charge in [0.1, 0.15) is 4.90 Å². The van der Waals surface area contributed by atoms with Crippen LogP contribution in [-0.2, 0) is 21.2 Å². The minimum absolute atomic E-state index is 0.00303. The van der Waals surface area contributed by atoms with Crippen LogP contribution in [0.3, 0.4) is 0 Å². The van der Waals surface area contributed by atoms with Crippen molar-refractivity contribution >= 4 is 33.3 Å². The third kappa shape index (κ3) is 5.80. The van der Waals surface area contributed by atoms with Crippen LogP contribution in [0.2, 0.25) is 5.02 Å². The molecule has 1 saturated carbocycles. The Morgan fingerprint density at radius 3 is 2.71 bits per heavy atom. The molecule has 3 rings (SSSR count). The Balaban J connectivity index is 1.45.